The number of aromatic nitrogens is 2. The van der Waals surface area contributed by atoms with Crippen molar-refractivity contribution in [1.82, 2.24) is 9.97 Å². The molecule has 0 bridgehead atoms. The van der Waals surface area contributed by atoms with Gasteiger partial charge in [0.15, 0.2) is 0 Å². The highest BCUT2D eigenvalue weighted by Crippen LogP contribution is 2.22. The Morgan fingerprint density at radius 2 is 1.89 bits per heavy atom. The second-order valence-electron chi connectivity index (χ2n) is 4.55. The number of benzene rings is 2. The molecule has 3 N–H and O–H groups in total. The third-order valence-corrected chi connectivity index (χ3v) is 3.19. The van der Waals surface area contributed by atoms with E-state index in [1.165, 1.54) is 0 Å². The number of imidazole rings is 1. The van der Waals surface area contributed by atoms with Gasteiger partial charge in [0, 0.05) is 5.56 Å². The van der Waals surface area contributed by atoms with Gasteiger partial charge in [-0.2, -0.15) is 0 Å². The molecule has 0 amide bonds. The Kier molecular flexibility index (Phi) is 2.85. The van der Waals surface area contributed by atoms with Gasteiger partial charge < -0.3 is 15.0 Å². The Morgan fingerprint density at radius 1 is 1.11 bits per heavy atom. The average molecular weight is 252 g/mol. The summed E-state index contributed by atoms with van der Waals surface area (Å²) in [6.07, 6.45) is 0. The molecule has 94 valence electrons. The molecule has 5 heteroatoms. The van der Waals surface area contributed by atoms with Gasteiger partial charge in [0.25, 0.3) is 0 Å². The topological polar surface area (TPSA) is 69.1 Å². The molecule has 3 rings (SSSR count). The summed E-state index contributed by atoms with van der Waals surface area (Å²) in [7, 11) is -1.44. The number of aryl methyl sites for hydroxylation is 1. The zero-order valence-electron chi connectivity index (χ0n) is 10.5. The van der Waals surface area contributed by atoms with E-state index >= 15 is 0 Å². The van der Waals surface area contributed by atoms with E-state index in [0.717, 1.165) is 28.0 Å². The molecule has 0 aliphatic rings. The molecule has 2 aromatic carbocycles. The normalized spacial score (nSPS) is 10.9. The first-order chi connectivity index (χ1) is 9.15. The van der Waals surface area contributed by atoms with Crippen molar-refractivity contribution >= 4 is 23.6 Å². The Morgan fingerprint density at radius 3 is 2.58 bits per heavy atom. The van der Waals surface area contributed by atoms with Gasteiger partial charge in [-0.25, -0.2) is 4.98 Å². The van der Waals surface area contributed by atoms with E-state index in [1.807, 2.05) is 37.3 Å². The molecular weight excluding hydrogens is 239 g/mol. The Labute approximate surface area is 110 Å². The molecule has 0 saturated heterocycles. The van der Waals surface area contributed by atoms with Crippen LogP contribution in [0.25, 0.3) is 22.4 Å². The molecule has 0 aliphatic heterocycles. The fraction of sp³-hybridized carbons (Fsp3) is 0.0714. The van der Waals surface area contributed by atoms with Crippen LogP contribution in [-0.4, -0.2) is 27.1 Å². The van der Waals surface area contributed by atoms with Crippen LogP contribution < -0.4 is 5.46 Å². The van der Waals surface area contributed by atoms with Crippen LogP contribution in [0.2, 0.25) is 0 Å². The maximum Gasteiger partial charge on any atom is 0.488 e. The van der Waals surface area contributed by atoms with Crippen molar-refractivity contribution in [3.63, 3.8) is 0 Å². The summed E-state index contributed by atoms with van der Waals surface area (Å²) < 4.78 is 0. The van der Waals surface area contributed by atoms with E-state index in [4.69, 9.17) is 10.0 Å². The van der Waals surface area contributed by atoms with Gasteiger partial charge in [0.1, 0.15) is 5.82 Å². The van der Waals surface area contributed by atoms with Gasteiger partial charge >= 0.3 is 7.12 Å². The third kappa shape index (κ3) is 2.14. The highest BCUT2D eigenvalue weighted by molar-refractivity contribution is 6.58. The van der Waals surface area contributed by atoms with Gasteiger partial charge in [-0.1, -0.05) is 30.3 Å². The summed E-state index contributed by atoms with van der Waals surface area (Å²) in [5.41, 5.74) is 4.30. The van der Waals surface area contributed by atoms with E-state index in [2.05, 4.69) is 9.97 Å². The average Bonchev–Trinajstić information content (AvgIpc) is 2.81. The van der Waals surface area contributed by atoms with Crippen molar-refractivity contribution in [3.05, 3.63) is 48.0 Å². The number of nitrogens with one attached hydrogen (secondary N) is 1. The maximum atomic E-state index is 9.16. The fourth-order valence-electron chi connectivity index (χ4n) is 2.19. The van der Waals surface area contributed by atoms with E-state index in [1.54, 1.807) is 12.1 Å². The molecular formula is C14H13BN2O2. The first kappa shape index (κ1) is 12.0. The number of hydrogen-bond donors (Lipinski definition) is 3. The smallest absolute Gasteiger partial charge is 0.423 e. The molecule has 0 aliphatic carbocycles. The van der Waals surface area contributed by atoms with Crippen LogP contribution in [0.1, 0.15) is 5.56 Å². The van der Waals surface area contributed by atoms with Gasteiger partial charge in [0.05, 0.1) is 11.0 Å². The number of H-pyrrole nitrogens is 1. The minimum Gasteiger partial charge on any atom is -0.423 e. The highest BCUT2D eigenvalue weighted by Gasteiger charge is 2.14. The predicted molar refractivity (Wildman–Crippen MR) is 76.1 cm³/mol. The first-order valence-electron chi connectivity index (χ1n) is 6.07. The molecule has 0 saturated carbocycles. The number of para-hydroxylation sites is 2. The van der Waals surface area contributed by atoms with Crippen LogP contribution >= 0.6 is 0 Å². The van der Waals surface area contributed by atoms with Crippen molar-refractivity contribution in [1.29, 1.82) is 0 Å². The van der Waals surface area contributed by atoms with E-state index in [9.17, 15) is 0 Å². The standard InChI is InChI=1S/C14H13BN2O2/c1-9-8-10(15(18)19)6-7-11(9)14-16-12-4-2-3-5-13(12)17-14/h2-8,18-19H,1H3,(H,16,17). The molecule has 0 unspecified atom stereocenters. The summed E-state index contributed by atoms with van der Waals surface area (Å²) >= 11 is 0. The monoisotopic (exact) mass is 252 g/mol. The molecule has 3 aromatic rings. The number of fused-ring (bicyclic) bond motifs is 1. The lowest BCUT2D eigenvalue weighted by atomic mass is 9.79. The van der Waals surface area contributed by atoms with Crippen molar-refractivity contribution in [3.8, 4) is 11.4 Å². The number of nitrogens with zero attached hydrogens (tertiary/aromatic N) is 1. The summed E-state index contributed by atoms with van der Waals surface area (Å²) in [5, 5.41) is 18.3. The lowest BCUT2D eigenvalue weighted by molar-refractivity contribution is 0.426. The fourth-order valence-corrected chi connectivity index (χ4v) is 2.19. The summed E-state index contributed by atoms with van der Waals surface area (Å²) in [6.45, 7) is 1.92. The number of aromatic amines is 1. The largest absolute Gasteiger partial charge is 0.488 e. The first-order valence-corrected chi connectivity index (χ1v) is 6.07. The maximum absolute atomic E-state index is 9.16. The SMILES string of the molecule is Cc1cc(B(O)O)ccc1-c1nc2ccccc2[nH]1. The lowest BCUT2D eigenvalue weighted by Crippen LogP contribution is -2.29. The molecule has 1 aromatic heterocycles. The zero-order valence-corrected chi connectivity index (χ0v) is 10.5. The second kappa shape index (κ2) is 4.53. The molecule has 0 radical (unpaired) electrons. The number of hydrogen-bond acceptors (Lipinski definition) is 3. The van der Waals surface area contributed by atoms with E-state index in [0.29, 0.717) is 5.46 Å². The summed E-state index contributed by atoms with van der Waals surface area (Å²) in [5.74, 6) is 0.790. The van der Waals surface area contributed by atoms with Crippen molar-refractivity contribution < 1.29 is 10.0 Å². The van der Waals surface area contributed by atoms with Crippen molar-refractivity contribution in [2.45, 2.75) is 6.92 Å². The third-order valence-electron chi connectivity index (χ3n) is 3.19. The van der Waals surface area contributed by atoms with Crippen LogP contribution in [0.5, 0.6) is 0 Å². The van der Waals surface area contributed by atoms with Crippen molar-refractivity contribution in [2.75, 3.05) is 0 Å². The van der Waals surface area contributed by atoms with Crippen LogP contribution in [0.4, 0.5) is 0 Å². The lowest BCUT2D eigenvalue weighted by Gasteiger charge is -2.05. The van der Waals surface area contributed by atoms with Gasteiger partial charge in [0.2, 0.25) is 0 Å². The molecule has 19 heavy (non-hydrogen) atoms. The Hall–Kier alpha value is -2.11. The van der Waals surface area contributed by atoms with E-state index in [-0.39, 0.29) is 0 Å². The van der Waals surface area contributed by atoms with Crippen LogP contribution in [0.3, 0.4) is 0 Å². The molecule has 0 fully saturated rings. The van der Waals surface area contributed by atoms with E-state index < -0.39 is 7.12 Å². The molecule has 4 nitrogen and oxygen atoms in total. The quantitative estimate of drug-likeness (QED) is 0.600. The molecule has 0 atom stereocenters. The summed E-state index contributed by atoms with van der Waals surface area (Å²) in [4.78, 5) is 7.80. The highest BCUT2D eigenvalue weighted by atomic mass is 16.4. The minimum absolute atomic E-state index is 0.484. The van der Waals surface area contributed by atoms with Crippen LogP contribution in [0, 0.1) is 6.92 Å². The second-order valence-corrected chi connectivity index (χ2v) is 4.55. The minimum atomic E-state index is -1.44. The van der Waals surface area contributed by atoms with Crippen LogP contribution in [-0.2, 0) is 0 Å². The zero-order chi connectivity index (χ0) is 13.4. The Bertz CT molecular complexity index is 704. The predicted octanol–water partition coefficient (Wildman–Crippen LogP) is 1.22. The van der Waals surface area contributed by atoms with Gasteiger partial charge in [-0.3, -0.25) is 0 Å². The van der Waals surface area contributed by atoms with Gasteiger partial charge in [-0.05, 0) is 30.1 Å². The van der Waals surface area contributed by atoms with Crippen molar-refractivity contribution in [2.24, 2.45) is 0 Å². The Balaban J connectivity index is 2.11. The summed E-state index contributed by atoms with van der Waals surface area (Å²) in [6, 6.07) is 13.1. The van der Waals surface area contributed by atoms with Gasteiger partial charge in [-0.15, -0.1) is 0 Å². The van der Waals surface area contributed by atoms with Crippen LogP contribution in [0.15, 0.2) is 42.5 Å². The molecule has 1 heterocycles. The number of rotatable bonds is 2. The molecule has 0 spiro atoms.